The van der Waals surface area contributed by atoms with Gasteiger partial charge >= 0.3 is 0 Å². The number of carbonyl (C=O) groups is 1. The fourth-order valence-corrected chi connectivity index (χ4v) is 9.42. The van der Waals surface area contributed by atoms with E-state index in [4.69, 9.17) is 14.9 Å². The zero-order valence-electron chi connectivity index (χ0n) is 26.6. The van der Waals surface area contributed by atoms with E-state index in [0.29, 0.717) is 17.5 Å². The fourth-order valence-electron chi connectivity index (χ4n) is 9.42. The van der Waals surface area contributed by atoms with Crippen molar-refractivity contribution in [1.82, 2.24) is 9.80 Å². The van der Waals surface area contributed by atoms with Gasteiger partial charge in [0.2, 0.25) is 5.84 Å². The number of unbranched alkanes of at least 4 members (excludes halogenated alkanes) is 2. The van der Waals surface area contributed by atoms with Crippen molar-refractivity contribution >= 4 is 17.6 Å². The van der Waals surface area contributed by atoms with Gasteiger partial charge < -0.3 is 14.8 Å². The van der Waals surface area contributed by atoms with E-state index in [0.717, 1.165) is 31.2 Å². The maximum absolute atomic E-state index is 8.89. The van der Waals surface area contributed by atoms with Crippen molar-refractivity contribution < 1.29 is 14.5 Å². The molecule has 6 nitrogen and oxygen atoms in total. The van der Waals surface area contributed by atoms with Crippen LogP contribution in [0.15, 0.2) is 4.99 Å². The molecule has 0 N–H and O–H groups in total. The molecule has 0 spiro atoms. The van der Waals surface area contributed by atoms with Crippen LogP contribution in [0, 0.1) is 23.2 Å². The zero-order valence-corrected chi connectivity index (χ0v) is 26.6. The van der Waals surface area contributed by atoms with Gasteiger partial charge in [0.25, 0.3) is 0 Å². The number of aliphatic imine (C=N–C) groups is 1. The van der Waals surface area contributed by atoms with Crippen LogP contribution in [-0.4, -0.2) is 76.8 Å². The topological polar surface area (TPSA) is 62.0 Å². The molecule has 4 aliphatic carbocycles. The number of carbonyl (C=O) groups excluding carboxylic acids is 1. The summed E-state index contributed by atoms with van der Waals surface area (Å²) >= 11 is 0. The van der Waals surface area contributed by atoms with Gasteiger partial charge in [0.05, 0.1) is 25.5 Å². The van der Waals surface area contributed by atoms with Gasteiger partial charge in [0, 0.05) is 36.8 Å². The minimum absolute atomic E-state index is 0.651. The third-order valence-electron chi connectivity index (χ3n) is 10.6. The van der Waals surface area contributed by atoms with E-state index >= 15 is 0 Å². The second-order valence-electron chi connectivity index (χ2n) is 14.2. The Morgan fingerprint density at radius 2 is 1.57 bits per heavy atom. The molecule has 2 aliphatic heterocycles. The Bertz CT molecular complexity index is 857. The molecule has 0 aromatic rings. The Hall–Kier alpha value is -1.59. The highest BCUT2D eigenvalue weighted by molar-refractivity contribution is 5.84. The Balaban J connectivity index is 0.000000867. The lowest BCUT2D eigenvalue weighted by Crippen LogP contribution is -2.53. The van der Waals surface area contributed by atoms with Gasteiger partial charge in [-0.15, -0.1) is 0 Å². The summed E-state index contributed by atoms with van der Waals surface area (Å²) in [6.07, 6.45) is 20.9. The van der Waals surface area contributed by atoms with Gasteiger partial charge in [0.1, 0.15) is 12.6 Å². The maximum Gasteiger partial charge on any atom is 0.247 e. The van der Waals surface area contributed by atoms with Crippen LogP contribution in [0.2, 0.25) is 0 Å². The molecule has 40 heavy (non-hydrogen) atoms. The highest BCUT2D eigenvalue weighted by atomic mass is 16.4. The number of hydrogen-bond donors (Lipinski definition) is 0. The molecule has 2 atom stereocenters. The lowest BCUT2D eigenvalue weighted by Gasteiger charge is -2.56. The Labute approximate surface area is 245 Å². The Morgan fingerprint density at radius 1 is 0.950 bits per heavy atom. The van der Waals surface area contributed by atoms with E-state index in [9.17, 15) is 0 Å². The number of aliphatic carboxylic acids is 1. The van der Waals surface area contributed by atoms with Crippen molar-refractivity contribution in [3.63, 3.8) is 0 Å². The molecule has 0 aromatic heterocycles. The molecule has 6 aliphatic rings. The standard InChI is InChI=1S/C32H57N4.C2H4O2/c1-5-8-15-35-29(22-33-30(35)11-6-2)13-9-10-14-34-23-25(4)36(31(34)12-7-3)24-32-19-26-16-27(20-32)18-28(17-26)21-32;1-2(3)4/h25-29H,5-24H2,1-4H3;1H3,(H,3,4)/q+1;/p-1/t25-,26?,27?,28?,29-,32?;/m0./s1. The number of hydrogen-bond acceptors (Lipinski definition) is 5. The van der Waals surface area contributed by atoms with E-state index in [1.165, 1.54) is 89.8 Å². The van der Waals surface area contributed by atoms with Crippen LogP contribution in [-0.2, 0) is 4.79 Å². The average molecular weight is 557 g/mol. The molecule has 0 saturated heterocycles. The predicted molar refractivity (Wildman–Crippen MR) is 164 cm³/mol. The van der Waals surface area contributed by atoms with Crippen LogP contribution < -0.4 is 5.11 Å². The number of carboxylic acid groups (broad SMARTS) is 1. The maximum atomic E-state index is 8.89. The monoisotopic (exact) mass is 556 g/mol. The third kappa shape index (κ3) is 7.82. The summed E-state index contributed by atoms with van der Waals surface area (Å²) in [4.78, 5) is 19.5. The summed E-state index contributed by atoms with van der Waals surface area (Å²) in [6.45, 7) is 16.7. The number of amidine groups is 2. The molecule has 2 heterocycles. The zero-order chi connectivity index (χ0) is 28.7. The summed E-state index contributed by atoms with van der Waals surface area (Å²) in [5.74, 6) is 5.22. The third-order valence-corrected chi connectivity index (χ3v) is 10.6. The second kappa shape index (κ2) is 14.5. The van der Waals surface area contributed by atoms with Crippen molar-refractivity contribution in [1.29, 1.82) is 0 Å². The summed E-state index contributed by atoms with van der Waals surface area (Å²) < 4.78 is 2.82. The summed E-state index contributed by atoms with van der Waals surface area (Å²) in [6, 6.07) is 1.37. The van der Waals surface area contributed by atoms with Crippen molar-refractivity contribution in [3.8, 4) is 0 Å². The van der Waals surface area contributed by atoms with Crippen molar-refractivity contribution in [2.75, 3.05) is 32.7 Å². The molecule has 0 radical (unpaired) electrons. The predicted octanol–water partition coefficient (Wildman–Crippen LogP) is 5.73. The highest BCUT2D eigenvalue weighted by Crippen LogP contribution is 2.60. The number of carboxylic acids is 1. The first-order chi connectivity index (χ1) is 19.3. The Kier molecular flexibility index (Phi) is 11.4. The van der Waals surface area contributed by atoms with E-state index in [1.807, 2.05) is 0 Å². The van der Waals surface area contributed by atoms with E-state index in [1.54, 1.807) is 44.4 Å². The lowest BCUT2D eigenvalue weighted by molar-refractivity contribution is -0.522. The molecule has 0 unspecified atom stereocenters. The number of nitrogens with zero attached hydrogens (tertiary/aromatic N) is 4. The smallest absolute Gasteiger partial charge is 0.247 e. The molecule has 0 amide bonds. The second-order valence-corrected chi connectivity index (χ2v) is 14.2. The molecule has 6 heteroatoms. The van der Waals surface area contributed by atoms with Crippen molar-refractivity contribution in [3.05, 3.63) is 0 Å². The van der Waals surface area contributed by atoms with E-state index < -0.39 is 5.97 Å². The molecule has 4 saturated carbocycles. The highest BCUT2D eigenvalue weighted by Gasteiger charge is 2.54. The quantitative estimate of drug-likeness (QED) is 0.203. The summed E-state index contributed by atoms with van der Waals surface area (Å²) in [7, 11) is 0. The van der Waals surface area contributed by atoms with Gasteiger partial charge in [-0.3, -0.25) is 14.5 Å². The van der Waals surface area contributed by atoms with Gasteiger partial charge in [-0.25, -0.2) is 0 Å². The lowest BCUT2D eigenvalue weighted by atomic mass is 9.49. The SMILES string of the molecule is CC(=O)[O-].CCCCN1C(CCC)=NC[C@@H]1CCCC[N+]1=C(CCC)N(CC23CC4CC(CC(C4)C2)C3)[C@@H](C)C1. The van der Waals surface area contributed by atoms with Gasteiger partial charge in [0.15, 0.2) is 0 Å². The van der Waals surface area contributed by atoms with Crippen LogP contribution in [0.4, 0.5) is 0 Å². The van der Waals surface area contributed by atoms with Crippen molar-refractivity contribution in [2.24, 2.45) is 28.2 Å². The van der Waals surface area contributed by atoms with Crippen molar-refractivity contribution in [2.45, 2.75) is 143 Å². The summed E-state index contributed by atoms with van der Waals surface area (Å²) in [5, 5.41) is 8.89. The molecular formula is C34H60N4O2. The minimum atomic E-state index is -1.08. The number of rotatable bonds is 14. The molecule has 6 rings (SSSR count). The van der Waals surface area contributed by atoms with Crippen LogP contribution >= 0.6 is 0 Å². The van der Waals surface area contributed by atoms with Crippen LogP contribution in [0.25, 0.3) is 0 Å². The van der Waals surface area contributed by atoms with Crippen LogP contribution in [0.5, 0.6) is 0 Å². The van der Waals surface area contributed by atoms with E-state index in [2.05, 4.69) is 42.1 Å². The van der Waals surface area contributed by atoms with Crippen LogP contribution in [0.3, 0.4) is 0 Å². The first kappa shape index (κ1) is 31.3. The normalized spacial score (nSPS) is 32.5. The first-order valence-electron chi connectivity index (χ1n) is 17.1. The molecule has 0 aromatic carbocycles. The molecule has 228 valence electrons. The Morgan fingerprint density at radius 3 is 2.15 bits per heavy atom. The first-order valence-corrected chi connectivity index (χ1v) is 17.1. The van der Waals surface area contributed by atoms with Gasteiger partial charge in [-0.1, -0.05) is 27.2 Å². The summed E-state index contributed by atoms with van der Waals surface area (Å²) in [5.41, 5.74) is 0.651. The van der Waals surface area contributed by atoms with Gasteiger partial charge in [-0.05, 0) is 109 Å². The largest absolute Gasteiger partial charge is 0.550 e. The molecule has 4 bridgehead atoms. The molecule has 4 fully saturated rings. The van der Waals surface area contributed by atoms with Gasteiger partial charge in [-0.2, -0.15) is 0 Å². The average Bonchev–Trinajstić information content (AvgIpc) is 3.39. The van der Waals surface area contributed by atoms with Crippen LogP contribution in [0.1, 0.15) is 131 Å². The molecular weight excluding hydrogens is 496 g/mol. The minimum Gasteiger partial charge on any atom is -0.550 e. The van der Waals surface area contributed by atoms with E-state index in [-0.39, 0.29) is 0 Å². The fraction of sp³-hybridized carbons (Fsp3) is 0.912.